The fourth-order valence-electron chi connectivity index (χ4n) is 1.68. The molecule has 0 aliphatic carbocycles. The van der Waals surface area contributed by atoms with Gasteiger partial charge >= 0.3 is 0 Å². The summed E-state index contributed by atoms with van der Waals surface area (Å²) in [5.41, 5.74) is 5.64. The van der Waals surface area contributed by atoms with Gasteiger partial charge in [-0.2, -0.15) is 0 Å². The molecule has 1 heterocycles. The van der Waals surface area contributed by atoms with Crippen molar-refractivity contribution in [3.8, 4) is 5.75 Å². The Morgan fingerprint density at radius 2 is 2.15 bits per heavy atom. The summed E-state index contributed by atoms with van der Waals surface area (Å²) in [6, 6.07) is 8.19. The van der Waals surface area contributed by atoms with Gasteiger partial charge in [0, 0.05) is 6.20 Å². The maximum atomic E-state index is 13.7. The normalized spacial score (nSPS) is 10.1. The van der Waals surface area contributed by atoms with Crippen LogP contribution in [-0.4, -0.2) is 17.5 Å². The molecule has 0 fully saturated rings. The fraction of sp³-hybridized carbons (Fsp3) is 0.143. The molecule has 1 amide bonds. The highest BCUT2D eigenvalue weighted by Gasteiger charge is 2.16. The Bertz CT molecular complexity index is 632. The first-order valence-corrected chi connectivity index (χ1v) is 6.06. The van der Waals surface area contributed by atoms with Gasteiger partial charge in [-0.25, -0.2) is 9.37 Å². The number of nitrogen functional groups attached to an aromatic ring is 1. The summed E-state index contributed by atoms with van der Waals surface area (Å²) in [4.78, 5) is 15.6. The van der Waals surface area contributed by atoms with E-state index in [1.807, 2.05) is 6.92 Å². The van der Waals surface area contributed by atoms with Crippen molar-refractivity contribution >= 4 is 17.4 Å². The molecule has 0 aliphatic rings. The molecule has 0 aliphatic heterocycles. The van der Waals surface area contributed by atoms with E-state index in [2.05, 4.69) is 10.3 Å². The minimum Gasteiger partial charge on any atom is -0.492 e. The van der Waals surface area contributed by atoms with Crippen molar-refractivity contribution in [1.82, 2.24) is 4.98 Å². The number of hydrogen-bond acceptors (Lipinski definition) is 4. The molecule has 5 nitrogen and oxygen atoms in total. The van der Waals surface area contributed by atoms with Gasteiger partial charge in [0.05, 0.1) is 17.9 Å². The number of amides is 1. The van der Waals surface area contributed by atoms with E-state index in [1.54, 1.807) is 24.3 Å². The summed E-state index contributed by atoms with van der Waals surface area (Å²) < 4.78 is 19.1. The van der Waals surface area contributed by atoms with Gasteiger partial charge in [0.1, 0.15) is 5.75 Å². The van der Waals surface area contributed by atoms with E-state index in [0.717, 1.165) is 0 Å². The number of aromatic nitrogens is 1. The topological polar surface area (TPSA) is 77.2 Å². The standard InChI is InChI=1S/C14H14FN3O2/c1-2-20-11-6-4-3-5-10(11)18-14(19)9-7-8-17-13(16)12(9)15/h3-8H,2H2,1H3,(H2,16,17)(H,18,19). The number of nitrogens with zero attached hydrogens (tertiary/aromatic N) is 1. The highest BCUT2D eigenvalue weighted by Crippen LogP contribution is 2.24. The molecule has 2 aromatic rings. The largest absolute Gasteiger partial charge is 0.492 e. The molecular formula is C14H14FN3O2. The van der Waals surface area contributed by atoms with Crippen molar-refractivity contribution in [3.63, 3.8) is 0 Å². The Hall–Kier alpha value is -2.63. The van der Waals surface area contributed by atoms with Crippen molar-refractivity contribution in [2.24, 2.45) is 0 Å². The van der Waals surface area contributed by atoms with Crippen LogP contribution in [-0.2, 0) is 0 Å². The molecular weight excluding hydrogens is 261 g/mol. The van der Waals surface area contributed by atoms with Gasteiger partial charge in [-0.15, -0.1) is 0 Å². The molecule has 1 aromatic heterocycles. The van der Waals surface area contributed by atoms with Crippen LogP contribution in [0.5, 0.6) is 5.75 Å². The van der Waals surface area contributed by atoms with Crippen LogP contribution in [0.4, 0.5) is 15.9 Å². The van der Waals surface area contributed by atoms with E-state index in [1.165, 1.54) is 12.3 Å². The van der Waals surface area contributed by atoms with Crippen molar-refractivity contribution in [1.29, 1.82) is 0 Å². The average Bonchev–Trinajstić information content (AvgIpc) is 2.44. The monoisotopic (exact) mass is 275 g/mol. The van der Waals surface area contributed by atoms with Crippen LogP contribution >= 0.6 is 0 Å². The third kappa shape index (κ3) is 2.85. The zero-order chi connectivity index (χ0) is 14.5. The number of benzene rings is 1. The molecule has 2 rings (SSSR count). The number of pyridine rings is 1. The molecule has 0 saturated heterocycles. The smallest absolute Gasteiger partial charge is 0.258 e. The van der Waals surface area contributed by atoms with E-state index in [0.29, 0.717) is 18.0 Å². The van der Waals surface area contributed by atoms with Crippen LogP contribution in [0.1, 0.15) is 17.3 Å². The Morgan fingerprint density at radius 1 is 1.40 bits per heavy atom. The predicted octanol–water partition coefficient (Wildman–Crippen LogP) is 2.45. The van der Waals surface area contributed by atoms with Crippen LogP contribution < -0.4 is 15.8 Å². The highest BCUT2D eigenvalue weighted by molar-refractivity contribution is 6.05. The third-order valence-electron chi connectivity index (χ3n) is 2.60. The lowest BCUT2D eigenvalue weighted by molar-refractivity contribution is 0.102. The van der Waals surface area contributed by atoms with Gasteiger partial charge in [-0.1, -0.05) is 12.1 Å². The maximum absolute atomic E-state index is 13.7. The van der Waals surface area contributed by atoms with Crippen molar-refractivity contribution in [2.45, 2.75) is 6.92 Å². The first-order chi connectivity index (χ1) is 9.63. The predicted molar refractivity (Wildman–Crippen MR) is 74.2 cm³/mol. The summed E-state index contributed by atoms with van der Waals surface area (Å²) >= 11 is 0. The van der Waals surface area contributed by atoms with Gasteiger partial charge in [0.15, 0.2) is 11.6 Å². The molecule has 104 valence electrons. The van der Waals surface area contributed by atoms with Crippen LogP contribution in [0.15, 0.2) is 36.5 Å². The first kappa shape index (κ1) is 13.8. The molecule has 1 aromatic carbocycles. The average molecular weight is 275 g/mol. The van der Waals surface area contributed by atoms with E-state index < -0.39 is 11.7 Å². The highest BCUT2D eigenvalue weighted by atomic mass is 19.1. The molecule has 6 heteroatoms. The molecule has 0 bridgehead atoms. The van der Waals surface area contributed by atoms with Gasteiger partial charge < -0.3 is 15.8 Å². The summed E-state index contributed by atoms with van der Waals surface area (Å²) in [7, 11) is 0. The van der Waals surface area contributed by atoms with E-state index >= 15 is 0 Å². The summed E-state index contributed by atoms with van der Waals surface area (Å²) in [6.45, 7) is 2.30. The minimum atomic E-state index is -0.834. The Morgan fingerprint density at radius 3 is 2.90 bits per heavy atom. The number of halogens is 1. The lowest BCUT2D eigenvalue weighted by atomic mass is 10.2. The number of nitrogens with two attached hydrogens (primary N) is 1. The number of rotatable bonds is 4. The number of hydrogen-bond donors (Lipinski definition) is 2. The maximum Gasteiger partial charge on any atom is 0.258 e. The van der Waals surface area contributed by atoms with Crippen LogP contribution in [0.3, 0.4) is 0 Å². The number of nitrogens with one attached hydrogen (secondary N) is 1. The summed E-state index contributed by atoms with van der Waals surface area (Å²) in [5.74, 6) is -1.23. The molecule has 0 atom stereocenters. The Balaban J connectivity index is 2.26. The van der Waals surface area contributed by atoms with Gasteiger partial charge in [0.2, 0.25) is 0 Å². The van der Waals surface area contributed by atoms with Crippen molar-refractivity contribution in [2.75, 3.05) is 17.7 Å². The number of carbonyl (C=O) groups excluding carboxylic acids is 1. The number of carbonyl (C=O) groups is 1. The quantitative estimate of drug-likeness (QED) is 0.898. The molecule has 0 saturated carbocycles. The van der Waals surface area contributed by atoms with E-state index in [4.69, 9.17) is 10.5 Å². The first-order valence-electron chi connectivity index (χ1n) is 6.06. The van der Waals surface area contributed by atoms with Crippen molar-refractivity contribution < 1.29 is 13.9 Å². The fourth-order valence-corrected chi connectivity index (χ4v) is 1.68. The minimum absolute atomic E-state index is 0.163. The lowest BCUT2D eigenvalue weighted by Crippen LogP contribution is -2.16. The molecule has 3 N–H and O–H groups in total. The van der Waals surface area contributed by atoms with Crippen LogP contribution in [0.25, 0.3) is 0 Å². The summed E-state index contributed by atoms with van der Waals surface area (Å²) in [6.07, 6.45) is 1.28. The van der Waals surface area contributed by atoms with Crippen LogP contribution in [0, 0.1) is 5.82 Å². The molecule has 0 spiro atoms. The van der Waals surface area contributed by atoms with E-state index in [9.17, 15) is 9.18 Å². The second-order valence-electron chi connectivity index (χ2n) is 3.94. The SMILES string of the molecule is CCOc1ccccc1NC(=O)c1ccnc(N)c1F. The second-order valence-corrected chi connectivity index (χ2v) is 3.94. The third-order valence-corrected chi connectivity index (χ3v) is 2.60. The number of anilines is 2. The molecule has 0 unspecified atom stereocenters. The van der Waals surface area contributed by atoms with Gasteiger partial charge in [0.25, 0.3) is 5.91 Å². The van der Waals surface area contributed by atoms with Gasteiger partial charge in [-0.3, -0.25) is 4.79 Å². The second kappa shape index (κ2) is 6.01. The molecule has 0 radical (unpaired) electrons. The zero-order valence-corrected chi connectivity index (χ0v) is 10.9. The number of para-hydroxylation sites is 2. The Kier molecular flexibility index (Phi) is 4.14. The molecule has 20 heavy (non-hydrogen) atoms. The van der Waals surface area contributed by atoms with Crippen LogP contribution in [0.2, 0.25) is 0 Å². The zero-order valence-electron chi connectivity index (χ0n) is 10.9. The lowest BCUT2D eigenvalue weighted by Gasteiger charge is -2.11. The van der Waals surface area contributed by atoms with E-state index in [-0.39, 0.29) is 11.4 Å². The summed E-state index contributed by atoms with van der Waals surface area (Å²) in [5, 5.41) is 2.59. The Labute approximate surface area is 115 Å². The number of ether oxygens (including phenoxy) is 1. The van der Waals surface area contributed by atoms with Gasteiger partial charge in [-0.05, 0) is 25.1 Å². The van der Waals surface area contributed by atoms with Crippen molar-refractivity contribution in [3.05, 3.63) is 47.9 Å².